The summed E-state index contributed by atoms with van der Waals surface area (Å²) in [5.74, 6) is -0.442. The van der Waals surface area contributed by atoms with Crippen LogP contribution in [-0.2, 0) is 9.47 Å². The summed E-state index contributed by atoms with van der Waals surface area (Å²) in [5, 5.41) is 155. The fourth-order valence-electron chi connectivity index (χ4n) is 10.8. The highest BCUT2D eigenvalue weighted by molar-refractivity contribution is 5.90. The summed E-state index contributed by atoms with van der Waals surface area (Å²) in [6.45, 7) is -1.19. The molecular formula is C72H60O28. The molecule has 0 saturated carbocycles. The second kappa shape index (κ2) is 29.5. The highest BCUT2D eigenvalue weighted by Gasteiger charge is 2.46. The number of rotatable bonds is 10. The number of aliphatic hydroxyl groups is 8. The maximum atomic E-state index is 12.9. The van der Waals surface area contributed by atoms with Crippen LogP contribution in [0.25, 0.3) is 88.4 Å². The summed E-state index contributed by atoms with van der Waals surface area (Å²) >= 11 is 0. The van der Waals surface area contributed by atoms with Crippen LogP contribution in [0.4, 0.5) is 0 Å². The van der Waals surface area contributed by atoms with Gasteiger partial charge < -0.3 is 118 Å². The number of ether oxygens (including phenoxy) is 4. The van der Waals surface area contributed by atoms with Gasteiger partial charge in [-0.1, -0.05) is 48.5 Å². The molecule has 28 nitrogen and oxygen atoms in total. The predicted octanol–water partition coefficient (Wildman–Crippen LogP) is 5.84. The minimum Gasteiger partial charge on any atom is -0.508 e. The Kier molecular flexibility index (Phi) is 20.5. The monoisotopic (exact) mass is 1370 g/mol. The van der Waals surface area contributed by atoms with Crippen LogP contribution in [0.2, 0.25) is 0 Å². The van der Waals surface area contributed by atoms with Gasteiger partial charge in [-0.25, -0.2) is 0 Å². The van der Waals surface area contributed by atoms with Crippen LogP contribution in [0.5, 0.6) is 57.5 Å². The van der Waals surface area contributed by atoms with Gasteiger partial charge in [-0.15, -0.1) is 0 Å². The Labute approximate surface area is 560 Å². The first-order chi connectivity index (χ1) is 47.9. The Balaban J connectivity index is 0.000000137. The van der Waals surface area contributed by atoms with Crippen molar-refractivity contribution in [1.29, 1.82) is 0 Å². The van der Waals surface area contributed by atoms with Crippen molar-refractivity contribution < 1.29 is 118 Å². The number of phenols is 8. The van der Waals surface area contributed by atoms with Gasteiger partial charge in [-0.05, 0) is 95.1 Å². The average Bonchev–Trinajstić information content (AvgIpc) is 0.786. The SMILES string of the molecule is O=c1c(-c2ccc(O)cc2)coc2cc(O)cc(O)c12.O=c1c(-c2ccc(O)cc2)coc2cc(O)ccc12.O=c1c(-c2ccc(O)cc2)coc2cc(OC3O[C@H](CO)[C@@H](O)[C@H](O)[C@H]3O)ccc12.O=c1c(-c2ccc(O)cc2)coc2cc(O[C@@H]3O[C@H](CO)[C@@H](O)[C@H](O)[C@H]3O)cc(O)c12. The molecule has 28 heteroatoms. The van der Waals surface area contributed by atoms with Gasteiger partial charge in [0.05, 0.1) is 46.2 Å². The normalized spacial score (nSPS) is 20.3. The minimum atomic E-state index is -1.64. The highest BCUT2D eigenvalue weighted by Crippen LogP contribution is 2.35. The van der Waals surface area contributed by atoms with Crippen molar-refractivity contribution in [3.8, 4) is 102 Å². The Morgan fingerprint density at radius 1 is 0.310 bits per heavy atom. The summed E-state index contributed by atoms with van der Waals surface area (Å²) < 4.78 is 43.3. The van der Waals surface area contributed by atoms with Gasteiger partial charge in [0.2, 0.25) is 23.4 Å². The second-order valence-electron chi connectivity index (χ2n) is 22.7. The summed E-state index contributed by atoms with van der Waals surface area (Å²) in [6, 6.07) is 37.9. The van der Waals surface area contributed by atoms with Crippen LogP contribution < -0.4 is 31.2 Å². The highest BCUT2D eigenvalue weighted by atomic mass is 16.7. The molecule has 8 aromatic carbocycles. The first-order valence-electron chi connectivity index (χ1n) is 30.1. The lowest BCUT2D eigenvalue weighted by atomic mass is 9.99. The van der Waals surface area contributed by atoms with Gasteiger partial charge in [-0.2, -0.15) is 0 Å². The number of aliphatic hydroxyl groups excluding tert-OH is 8. The zero-order chi connectivity index (χ0) is 71.4. The molecule has 2 aliphatic rings. The molecule has 0 aliphatic carbocycles. The van der Waals surface area contributed by atoms with E-state index in [9.17, 15) is 101 Å². The van der Waals surface area contributed by atoms with Gasteiger partial charge in [0.15, 0.2) is 10.9 Å². The average molecular weight is 1370 g/mol. The van der Waals surface area contributed by atoms with Crippen LogP contribution in [0.3, 0.4) is 0 Å². The molecule has 0 radical (unpaired) electrons. The zero-order valence-corrected chi connectivity index (χ0v) is 51.6. The van der Waals surface area contributed by atoms with Crippen LogP contribution in [-0.4, -0.2) is 156 Å². The third-order valence-corrected chi connectivity index (χ3v) is 16.1. The standard InChI is InChI=1S/C21H20O10.C21H20O9.C15H10O5.C15H10O4/c22-7-15-18(26)19(27)20(28)21(31-15)30-11-5-13(24)16-14(6-11)29-8-12(17(16)25)9-1-3-10(23)4-2-9;22-8-16-18(25)19(26)20(27)21(30-16)29-12-5-6-13-15(7-12)28-9-14(17(13)24)10-1-3-11(23)4-2-10;16-9-3-1-8(2-4-9)11-7-20-13-6-10(17)5-12(18)14(13)15(11)19;16-10-3-1-9(2-4-10)13-8-19-14-7-11(17)5-6-12(14)15(13)18/h1-6,8,15,18-24,26-28H,7H2;1-7,9,16,18-23,25-27H,8H2;1-7,16-18H;1-8,16-17H/t15-,18-,19+,20-,21-;16-,18-,19+,20-,21?;;/m11../s1. The molecule has 12 aromatic rings. The van der Waals surface area contributed by atoms with Gasteiger partial charge >= 0.3 is 0 Å². The van der Waals surface area contributed by atoms with E-state index < -0.39 is 91.2 Å². The smallest absolute Gasteiger partial charge is 0.229 e. The van der Waals surface area contributed by atoms with Crippen LogP contribution in [0.15, 0.2) is 220 Å². The maximum Gasteiger partial charge on any atom is 0.229 e. The minimum absolute atomic E-state index is 0.00730. The van der Waals surface area contributed by atoms with E-state index in [0.717, 1.165) is 12.1 Å². The van der Waals surface area contributed by atoms with Crippen molar-refractivity contribution in [3.63, 3.8) is 0 Å². The van der Waals surface area contributed by atoms with Crippen LogP contribution >= 0.6 is 0 Å². The molecule has 6 heterocycles. The first kappa shape index (κ1) is 69.5. The van der Waals surface area contributed by atoms with Gasteiger partial charge in [0, 0.05) is 36.4 Å². The second-order valence-corrected chi connectivity index (χ2v) is 22.7. The van der Waals surface area contributed by atoms with Crippen molar-refractivity contribution in [3.05, 3.63) is 224 Å². The topological polar surface area (TPSA) is 481 Å². The fourth-order valence-corrected chi connectivity index (χ4v) is 10.8. The van der Waals surface area contributed by atoms with E-state index in [4.69, 9.17) is 36.6 Å². The Morgan fingerprint density at radius 2 is 0.630 bits per heavy atom. The van der Waals surface area contributed by atoms with Crippen molar-refractivity contribution in [2.45, 2.75) is 61.4 Å². The van der Waals surface area contributed by atoms with E-state index in [1.165, 1.54) is 134 Å². The number of benzene rings is 8. The van der Waals surface area contributed by atoms with E-state index in [2.05, 4.69) is 0 Å². The molecule has 14 rings (SSSR count). The molecule has 0 amide bonds. The van der Waals surface area contributed by atoms with Crippen molar-refractivity contribution in [2.24, 2.45) is 0 Å². The molecule has 0 bridgehead atoms. The number of phenolic OH excluding ortho intramolecular Hbond substituents is 8. The summed E-state index contributed by atoms with van der Waals surface area (Å²) in [6.07, 6.45) is -9.36. The number of hydrogen-bond donors (Lipinski definition) is 16. The van der Waals surface area contributed by atoms with Crippen molar-refractivity contribution in [1.82, 2.24) is 0 Å². The molecule has 10 atom stereocenters. The predicted molar refractivity (Wildman–Crippen MR) is 354 cm³/mol. The largest absolute Gasteiger partial charge is 0.508 e. The van der Waals surface area contributed by atoms with Crippen molar-refractivity contribution >= 4 is 43.9 Å². The Hall–Kier alpha value is -11.8. The van der Waals surface area contributed by atoms with E-state index >= 15 is 0 Å². The quantitative estimate of drug-likeness (QED) is 0.0764. The Morgan fingerprint density at radius 3 is 1.04 bits per heavy atom. The molecule has 0 spiro atoms. The number of hydrogen-bond acceptors (Lipinski definition) is 28. The lowest BCUT2D eigenvalue weighted by Crippen LogP contribution is -2.60. The number of fused-ring (bicyclic) bond motifs is 4. The lowest BCUT2D eigenvalue weighted by molar-refractivity contribution is -0.277. The third-order valence-electron chi connectivity index (χ3n) is 16.1. The first-order valence-corrected chi connectivity index (χ1v) is 30.1. The summed E-state index contributed by atoms with van der Waals surface area (Å²) in [7, 11) is 0. The van der Waals surface area contributed by atoms with Gasteiger partial charge in [-0.3, -0.25) is 19.2 Å². The summed E-state index contributed by atoms with van der Waals surface area (Å²) in [5.41, 5.74) is 2.77. The van der Waals surface area contributed by atoms with Gasteiger partial charge in [0.1, 0.15) is 164 Å². The van der Waals surface area contributed by atoms with Crippen LogP contribution in [0.1, 0.15) is 0 Å². The van der Waals surface area contributed by atoms with E-state index in [0.29, 0.717) is 49.7 Å². The van der Waals surface area contributed by atoms with E-state index in [1.807, 2.05) is 0 Å². The van der Waals surface area contributed by atoms with Gasteiger partial charge in [0.25, 0.3) is 0 Å². The summed E-state index contributed by atoms with van der Waals surface area (Å²) in [4.78, 5) is 50.4. The molecule has 2 aliphatic heterocycles. The molecule has 2 saturated heterocycles. The van der Waals surface area contributed by atoms with Crippen molar-refractivity contribution in [2.75, 3.05) is 13.2 Å². The molecule has 1 unspecified atom stereocenters. The number of aromatic hydroxyl groups is 8. The molecule has 100 heavy (non-hydrogen) atoms. The molecular weight excluding hydrogens is 1310 g/mol. The third kappa shape index (κ3) is 14.7. The van der Waals surface area contributed by atoms with Crippen LogP contribution in [0, 0.1) is 0 Å². The van der Waals surface area contributed by atoms with E-state index in [-0.39, 0.29) is 101 Å². The lowest BCUT2D eigenvalue weighted by Gasteiger charge is -2.39. The fraction of sp³-hybridized carbons (Fsp3) is 0.167. The molecule has 516 valence electrons. The molecule has 2 fully saturated rings. The zero-order valence-electron chi connectivity index (χ0n) is 51.6. The Bertz CT molecular complexity index is 5160. The molecule has 16 N–H and O–H groups in total. The molecule has 4 aromatic heterocycles. The maximum absolute atomic E-state index is 12.9. The van der Waals surface area contributed by atoms with E-state index in [1.54, 1.807) is 36.4 Å².